The average molecular weight is 310 g/mol. The van der Waals surface area contributed by atoms with Crippen LogP contribution in [0.3, 0.4) is 0 Å². The monoisotopic (exact) mass is 310 g/mol. The molecule has 2 aromatic carbocycles. The van der Waals surface area contributed by atoms with Crippen LogP contribution in [0.15, 0.2) is 48.5 Å². The van der Waals surface area contributed by atoms with Gasteiger partial charge >= 0.3 is 0 Å². The van der Waals surface area contributed by atoms with Crippen LogP contribution in [0.4, 0.5) is 11.4 Å². The van der Waals surface area contributed by atoms with Gasteiger partial charge in [0.2, 0.25) is 5.91 Å². The molecule has 3 rings (SSSR count). The summed E-state index contributed by atoms with van der Waals surface area (Å²) in [6.45, 7) is 2.64. The minimum absolute atomic E-state index is 0.0666. The van der Waals surface area contributed by atoms with Crippen molar-refractivity contribution in [3.8, 4) is 5.75 Å². The number of hydrogen-bond donors (Lipinski definition) is 2. The zero-order valence-electron chi connectivity index (χ0n) is 13.5. The quantitative estimate of drug-likeness (QED) is 0.851. The fourth-order valence-corrected chi connectivity index (χ4v) is 2.79. The van der Waals surface area contributed by atoms with Crippen molar-refractivity contribution in [2.75, 3.05) is 24.3 Å². The molecule has 0 aliphatic heterocycles. The summed E-state index contributed by atoms with van der Waals surface area (Å²) in [5.41, 5.74) is 3.08. The van der Waals surface area contributed by atoms with Gasteiger partial charge in [0.15, 0.2) is 0 Å². The van der Waals surface area contributed by atoms with Gasteiger partial charge in [-0.3, -0.25) is 4.79 Å². The number of ether oxygens (including phenoxy) is 1. The Morgan fingerprint density at radius 2 is 1.74 bits per heavy atom. The number of carbonyl (C=O) groups is 1. The normalized spacial score (nSPS) is 19.0. The van der Waals surface area contributed by atoms with Crippen LogP contribution in [0.1, 0.15) is 24.8 Å². The molecule has 1 aliphatic rings. The number of benzene rings is 2. The number of hydrogen-bond acceptors (Lipinski definition) is 3. The third-order valence-corrected chi connectivity index (χ3v) is 4.19. The Kier molecular flexibility index (Phi) is 4.51. The molecule has 0 bridgehead atoms. The van der Waals surface area contributed by atoms with E-state index in [1.807, 2.05) is 50.4 Å². The molecule has 2 aromatic rings. The van der Waals surface area contributed by atoms with Gasteiger partial charge < -0.3 is 15.4 Å². The Morgan fingerprint density at radius 1 is 1.09 bits per heavy atom. The van der Waals surface area contributed by atoms with Crippen LogP contribution in [0.5, 0.6) is 5.75 Å². The predicted octanol–water partition coefficient (Wildman–Crippen LogP) is 3.87. The standard InChI is InChI=1S/C19H22N2O2/c1-3-23-16-10-4-13(5-11-16)17-12-18(17)19(22)21-15-8-6-14(20-2)7-9-15/h4-11,17-18,20H,3,12H2,1-2H3,(H,21,22). The van der Waals surface area contributed by atoms with E-state index in [1.165, 1.54) is 5.56 Å². The number of carbonyl (C=O) groups excluding carboxylic acids is 1. The summed E-state index contributed by atoms with van der Waals surface area (Å²) in [7, 11) is 1.87. The number of amides is 1. The van der Waals surface area contributed by atoms with Crippen molar-refractivity contribution >= 4 is 17.3 Å². The fraction of sp³-hybridized carbons (Fsp3) is 0.316. The van der Waals surface area contributed by atoms with E-state index in [9.17, 15) is 4.79 Å². The Morgan fingerprint density at radius 3 is 2.35 bits per heavy atom. The highest BCUT2D eigenvalue weighted by atomic mass is 16.5. The van der Waals surface area contributed by atoms with Crippen LogP contribution in [0, 0.1) is 5.92 Å². The largest absolute Gasteiger partial charge is 0.494 e. The molecule has 0 saturated heterocycles. The third kappa shape index (κ3) is 3.65. The second-order valence-corrected chi connectivity index (χ2v) is 5.77. The Balaban J connectivity index is 1.57. The molecular formula is C19H22N2O2. The summed E-state index contributed by atoms with van der Waals surface area (Å²) in [4.78, 5) is 12.3. The van der Waals surface area contributed by atoms with Gasteiger partial charge in [-0.25, -0.2) is 0 Å². The second kappa shape index (κ2) is 6.73. The second-order valence-electron chi connectivity index (χ2n) is 5.77. The molecule has 2 atom stereocenters. The first-order chi connectivity index (χ1) is 11.2. The summed E-state index contributed by atoms with van der Waals surface area (Å²) in [6.07, 6.45) is 0.911. The Labute approximate surface area is 136 Å². The molecule has 0 spiro atoms. The molecule has 1 amide bonds. The average Bonchev–Trinajstić information content (AvgIpc) is 3.37. The third-order valence-electron chi connectivity index (χ3n) is 4.19. The van der Waals surface area contributed by atoms with Gasteiger partial charge in [-0.05, 0) is 61.2 Å². The molecule has 0 heterocycles. The zero-order valence-corrected chi connectivity index (χ0v) is 13.5. The van der Waals surface area contributed by atoms with Crippen molar-refractivity contribution < 1.29 is 9.53 Å². The molecule has 4 nitrogen and oxygen atoms in total. The first-order valence-corrected chi connectivity index (χ1v) is 8.02. The van der Waals surface area contributed by atoms with Crippen molar-refractivity contribution in [3.05, 3.63) is 54.1 Å². The molecule has 120 valence electrons. The van der Waals surface area contributed by atoms with Gasteiger partial charge in [0, 0.05) is 24.3 Å². The van der Waals surface area contributed by atoms with Crippen LogP contribution in [-0.2, 0) is 4.79 Å². The van der Waals surface area contributed by atoms with Gasteiger partial charge in [-0.2, -0.15) is 0 Å². The van der Waals surface area contributed by atoms with Crippen molar-refractivity contribution in [2.45, 2.75) is 19.3 Å². The van der Waals surface area contributed by atoms with Gasteiger partial charge in [-0.15, -0.1) is 0 Å². The maximum atomic E-state index is 12.3. The summed E-state index contributed by atoms with van der Waals surface area (Å²) in [5, 5.41) is 6.06. The highest BCUT2D eigenvalue weighted by molar-refractivity contribution is 5.95. The van der Waals surface area contributed by atoms with E-state index in [1.54, 1.807) is 0 Å². The molecule has 0 radical (unpaired) electrons. The van der Waals surface area contributed by atoms with E-state index in [4.69, 9.17) is 4.74 Å². The summed E-state index contributed by atoms with van der Waals surface area (Å²) in [5.74, 6) is 1.36. The first kappa shape index (κ1) is 15.4. The molecule has 4 heteroatoms. The van der Waals surface area contributed by atoms with Crippen LogP contribution in [0.25, 0.3) is 0 Å². The van der Waals surface area contributed by atoms with E-state index < -0.39 is 0 Å². The number of anilines is 2. The maximum absolute atomic E-state index is 12.3. The zero-order chi connectivity index (χ0) is 16.2. The summed E-state index contributed by atoms with van der Waals surface area (Å²) < 4.78 is 5.45. The van der Waals surface area contributed by atoms with Crippen molar-refractivity contribution in [1.29, 1.82) is 0 Å². The molecule has 1 saturated carbocycles. The minimum Gasteiger partial charge on any atom is -0.494 e. The molecule has 2 N–H and O–H groups in total. The van der Waals surface area contributed by atoms with E-state index >= 15 is 0 Å². The lowest BCUT2D eigenvalue weighted by Gasteiger charge is -2.07. The molecule has 2 unspecified atom stereocenters. The fourth-order valence-electron chi connectivity index (χ4n) is 2.79. The van der Waals surface area contributed by atoms with Crippen molar-refractivity contribution in [3.63, 3.8) is 0 Å². The lowest BCUT2D eigenvalue weighted by Crippen LogP contribution is -2.14. The van der Waals surface area contributed by atoms with Crippen LogP contribution >= 0.6 is 0 Å². The van der Waals surface area contributed by atoms with E-state index in [-0.39, 0.29) is 11.8 Å². The van der Waals surface area contributed by atoms with E-state index in [0.717, 1.165) is 23.5 Å². The topological polar surface area (TPSA) is 50.4 Å². The molecule has 0 aromatic heterocycles. The van der Waals surface area contributed by atoms with Crippen molar-refractivity contribution in [1.82, 2.24) is 0 Å². The van der Waals surface area contributed by atoms with Gasteiger partial charge in [0.1, 0.15) is 5.75 Å². The molecule has 23 heavy (non-hydrogen) atoms. The van der Waals surface area contributed by atoms with Crippen molar-refractivity contribution in [2.24, 2.45) is 5.92 Å². The summed E-state index contributed by atoms with van der Waals surface area (Å²) >= 11 is 0. The van der Waals surface area contributed by atoms with Gasteiger partial charge in [0.25, 0.3) is 0 Å². The SMILES string of the molecule is CCOc1ccc(C2CC2C(=O)Nc2ccc(NC)cc2)cc1. The lowest BCUT2D eigenvalue weighted by molar-refractivity contribution is -0.117. The molecule has 1 aliphatic carbocycles. The van der Waals surface area contributed by atoms with Crippen LogP contribution in [-0.4, -0.2) is 19.6 Å². The summed E-state index contributed by atoms with van der Waals surface area (Å²) in [6, 6.07) is 15.8. The number of rotatable bonds is 6. The highest BCUT2D eigenvalue weighted by Gasteiger charge is 2.43. The van der Waals surface area contributed by atoms with Gasteiger partial charge in [-0.1, -0.05) is 12.1 Å². The predicted molar refractivity (Wildman–Crippen MR) is 93.1 cm³/mol. The minimum atomic E-state index is 0.0666. The van der Waals surface area contributed by atoms with Crippen LogP contribution in [0.2, 0.25) is 0 Å². The molecular weight excluding hydrogens is 288 g/mol. The van der Waals surface area contributed by atoms with Crippen LogP contribution < -0.4 is 15.4 Å². The van der Waals surface area contributed by atoms with E-state index in [0.29, 0.717) is 12.5 Å². The first-order valence-electron chi connectivity index (χ1n) is 8.02. The van der Waals surface area contributed by atoms with Gasteiger partial charge in [0.05, 0.1) is 6.61 Å². The molecule has 1 fully saturated rings. The maximum Gasteiger partial charge on any atom is 0.228 e. The Hall–Kier alpha value is -2.49. The Bertz CT molecular complexity index is 665. The number of nitrogens with one attached hydrogen (secondary N) is 2. The lowest BCUT2D eigenvalue weighted by atomic mass is 10.1. The smallest absolute Gasteiger partial charge is 0.228 e. The van der Waals surface area contributed by atoms with E-state index in [2.05, 4.69) is 22.8 Å². The highest BCUT2D eigenvalue weighted by Crippen LogP contribution is 2.48.